The van der Waals surface area contributed by atoms with Gasteiger partial charge in [-0.05, 0) is 81.3 Å². The van der Waals surface area contributed by atoms with Gasteiger partial charge in [-0.2, -0.15) is 0 Å². The van der Waals surface area contributed by atoms with Gasteiger partial charge in [0.2, 0.25) is 0 Å². The number of benzene rings is 3. The highest BCUT2D eigenvalue weighted by molar-refractivity contribution is 7.92. The molecule has 1 aliphatic rings. The van der Waals surface area contributed by atoms with E-state index in [4.69, 9.17) is 4.98 Å². The fourth-order valence-corrected chi connectivity index (χ4v) is 9.18. The summed E-state index contributed by atoms with van der Waals surface area (Å²) < 4.78 is 29.3. The number of sulfonamides is 1. The lowest BCUT2D eigenvalue weighted by Crippen LogP contribution is -2.35. The minimum Gasteiger partial charge on any atom is -0.313 e. The third kappa shape index (κ3) is 5.35. The van der Waals surface area contributed by atoms with Crippen molar-refractivity contribution in [1.82, 2.24) is 9.88 Å². The highest BCUT2D eigenvalue weighted by Crippen LogP contribution is 2.46. The topological polar surface area (TPSA) is 82.6 Å². The number of amides is 1. The van der Waals surface area contributed by atoms with Crippen molar-refractivity contribution in [3.05, 3.63) is 94.9 Å². The van der Waals surface area contributed by atoms with E-state index in [-0.39, 0.29) is 10.8 Å². The molecule has 0 fully saturated rings. The second-order valence-corrected chi connectivity index (χ2v) is 14.5. The van der Waals surface area contributed by atoms with Crippen LogP contribution in [0.25, 0.3) is 20.8 Å². The van der Waals surface area contributed by atoms with Crippen LogP contribution >= 0.6 is 22.7 Å². The molecule has 1 N–H and O–H groups in total. The van der Waals surface area contributed by atoms with Gasteiger partial charge in [-0.25, -0.2) is 13.4 Å². The predicted octanol–water partition coefficient (Wildman–Crippen LogP) is 7.26. The van der Waals surface area contributed by atoms with Crippen molar-refractivity contribution in [3.8, 4) is 10.6 Å². The number of hydrogen-bond donors (Lipinski definition) is 1. The second kappa shape index (κ2) is 11.6. The number of thiazole rings is 1. The van der Waals surface area contributed by atoms with Crippen molar-refractivity contribution < 1.29 is 13.2 Å². The zero-order chi connectivity index (χ0) is 29.4. The van der Waals surface area contributed by atoms with E-state index in [1.165, 1.54) is 26.9 Å². The van der Waals surface area contributed by atoms with Gasteiger partial charge in [-0.3, -0.25) is 14.0 Å². The molecule has 0 saturated heterocycles. The molecule has 7 nitrogen and oxygen atoms in total. The summed E-state index contributed by atoms with van der Waals surface area (Å²) >= 11 is 3.25. The lowest BCUT2D eigenvalue weighted by atomic mass is 10.0. The van der Waals surface area contributed by atoms with Crippen LogP contribution in [0.2, 0.25) is 0 Å². The van der Waals surface area contributed by atoms with E-state index in [2.05, 4.69) is 30.1 Å². The fraction of sp³-hybridized carbons (Fsp3) is 0.250. The van der Waals surface area contributed by atoms with E-state index in [1.807, 2.05) is 36.4 Å². The Kier molecular flexibility index (Phi) is 7.89. The molecular weight excluding hydrogens is 585 g/mol. The van der Waals surface area contributed by atoms with Crippen LogP contribution < -0.4 is 9.62 Å². The van der Waals surface area contributed by atoms with Crippen LogP contribution in [0.4, 0.5) is 10.7 Å². The highest BCUT2D eigenvalue weighted by Gasteiger charge is 2.29. The molecule has 0 radical (unpaired) electrons. The maximum atomic E-state index is 13.5. The quantitative estimate of drug-likeness (QED) is 0.198. The van der Waals surface area contributed by atoms with Crippen LogP contribution in [0.15, 0.2) is 83.8 Å². The average molecular weight is 617 g/mol. The zero-order valence-corrected chi connectivity index (χ0v) is 26.2. The van der Waals surface area contributed by atoms with Crippen LogP contribution in [0.1, 0.15) is 41.6 Å². The average Bonchev–Trinajstić information content (AvgIpc) is 3.58. The number of carbonyl (C=O) groups excluding carboxylic acids is 1. The number of thiophene rings is 1. The van der Waals surface area contributed by atoms with Gasteiger partial charge in [0.05, 0.1) is 20.8 Å². The monoisotopic (exact) mass is 616 g/mol. The third-order valence-electron chi connectivity index (χ3n) is 7.59. The Hall–Kier alpha value is -3.57. The summed E-state index contributed by atoms with van der Waals surface area (Å²) in [5.41, 5.74) is 4.20. The minimum absolute atomic E-state index is 0.139. The molecule has 42 heavy (non-hydrogen) atoms. The second-order valence-electron chi connectivity index (χ2n) is 10.5. The molecule has 216 valence electrons. The third-order valence-corrected chi connectivity index (χ3v) is 11.7. The van der Waals surface area contributed by atoms with Crippen molar-refractivity contribution in [2.45, 2.75) is 44.7 Å². The van der Waals surface area contributed by atoms with Crippen molar-refractivity contribution in [3.63, 3.8) is 0 Å². The first-order valence-electron chi connectivity index (χ1n) is 14.0. The Bertz CT molecular complexity index is 1810. The van der Waals surface area contributed by atoms with Crippen molar-refractivity contribution >= 4 is 59.5 Å². The highest BCUT2D eigenvalue weighted by atomic mass is 32.2. The molecule has 10 heteroatoms. The minimum atomic E-state index is -3.78. The fourth-order valence-electron chi connectivity index (χ4n) is 5.32. The van der Waals surface area contributed by atoms with Crippen LogP contribution in [0, 0.1) is 0 Å². The standard InChI is InChI=1S/C32H32N4O3S3/c1-4-36(23-10-6-5-7-11-23)42(38,39)24-16-14-22(15-17-24)30(37)34-32-29(31-33-26-12-8-9-13-27(26)40-31)25-18-19-35(21(2)3)20-28(25)41-32/h5-17,21H,4,18-20H2,1-3H3,(H,34,37). The first kappa shape index (κ1) is 28.5. The summed E-state index contributed by atoms with van der Waals surface area (Å²) in [6.07, 6.45) is 0.896. The molecule has 0 aliphatic carbocycles. The maximum Gasteiger partial charge on any atom is 0.264 e. The van der Waals surface area contributed by atoms with Gasteiger partial charge in [0.15, 0.2) is 0 Å². The normalized spacial score (nSPS) is 13.8. The van der Waals surface area contributed by atoms with Gasteiger partial charge in [-0.1, -0.05) is 30.3 Å². The Labute approximate surface area is 254 Å². The van der Waals surface area contributed by atoms with Crippen LogP contribution in [0.3, 0.4) is 0 Å². The van der Waals surface area contributed by atoms with Crippen LogP contribution in [-0.4, -0.2) is 43.3 Å². The first-order chi connectivity index (χ1) is 20.3. The number of para-hydroxylation sites is 2. The molecule has 3 heterocycles. The van der Waals surface area contributed by atoms with Gasteiger partial charge < -0.3 is 5.32 Å². The molecule has 0 atom stereocenters. The van der Waals surface area contributed by atoms with Crippen molar-refractivity contribution in [2.75, 3.05) is 22.7 Å². The summed E-state index contributed by atoms with van der Waals surface area (Å²) in [7, 11) is -3.78. The number of fused-ring (bicyclic) bond motifs is 2. The smallest absolute Gasteiger partial charge is 0.264 e. The zero-order valence-electron chi connectivity index (χ0n) is 23.7. The molecule has 1 aliphatic heterocycles. The van der Waals surface area contributed by atoms with Crippen LogP contribution in [-0.2, 0) is 23.0 Å². The van der Waals surface area contributed by atoms with E-state index in [0.29, 0.717) is 23.8 Å². The summed E-state index contributed by atoms with van der Waals surface area (Å²) in [6, 6.07) is 23.7. The Balaban J connectivity index is 1.31. The number of hydrogen-bond acceptors (Lipinski definition) is 7. The Morgan fingerprint density at radius 2 is 1.71 bits per heavy atom. The number of aromatic nitrogens is 1. The molecule has 2 aromatic heterocycles. The maximum absolute atomic E-state index is 13.5. The lowest BCUT2D eigenvalue weighted by molar-refractivity contribution is 0.102. The number of carbonyl (C=O) groups is 1. The molecule has 1 amide bonds. The largest absolute Gasteiger partial charge is 0.313 e. The van der Waals surface area contributed by atoms with Crippen LogP contribution in [0.5, 0.6) is 0 Å². The van der Waals surface area contributed by atoms with Crippen molar-refractivity contribution in [2.24, 2.45) is 0 Å². The van der Waals surface area contributed by atoms with Gasteiger partial charge in [0, 0.05) is 41.7 Å². The summed E-state index contributed by atoms with van der Waals surface area (Å²) in [5.74, 6) is -0.281. The molecule has 0 unspecified atom stereocenters. The van der Waals surface area contributed by atoms with E-state index in [1.54, 1.807) is 53.9 Å². The molecule has 0 spiro atoms. The van der Waals surface area contributed by atoms with E-state index in [9.17, 15) is 13.2 Å². The van der Waals surface area contributed by atoms with E-state index in [0.717, 1.165) is 45.3 Å². The molecule has 0 bridgehead atoms. The van der Waals surface area contributed by atoms with E-state index >= 15 is 0 Å². The van der Waals surface area contributed by atoms with Gasteiger partial charge >= 0.3 is 0 Å². The van der Waals surface area contributed by atoms with E-state index < -0.39 is 10.0 Å². The summed E-state index contributed by atoms with van der Waals surface area (Å²) in [4.78, 5) is 22.3. The number of rotatable bonds is 8. The van der Waals surface area contributed by atoms with Gasteiger partial charge in [0.1, 0.15) is 10.0 Å². The van der Waals surface area contributed by atoms with Crippen molar-refractivity contribution in [1.29, 1.82) is 0 Å². The summed E-state index contributed by atoms with van der Waals surface area (Å²) in [5, 5.41) is 4.85. The SMILES string of the molecule is CCN(c1ccccc1)S(=O)(=O)c1ccc(C(=O)Nc2sc3c(c2-c2nc4ccccc4s2)CCN(C(C)C)C3)cc1. The molecule has 6 rings (SSSR count). The lowest BCUT2D eigenvalue weighted by Gasteiger charge is -2.30. The predicted molar refractivity (Wildman–Crippen MR) is 173 cm³/mol. The summed E-state index contributed by atoms with van der Waals surface area (Å²) in [6.45, 7) is 8.31. The molecule has 5 aromatic rings. The first-order valence-corrected chi connectivity index (χ1v) is 17.1. The molecular formula is C32H32N4O3S3. The number of nitrogens with one attached hydrogen (secondary N) is 1. The van der Waals surface area contributed by atoms with Gasteiger partial charge in [-0.15, -0.1) is 22.7 Å². The van der Waals surface area contributed by atoms with Gasteiger partial charge in [0.25, 0.3) is 15.9 Å². The Morgan fingerprint density at radius 3 is 2.40 bits per heavy atom. The molecule has 0 saturated carbocycles. The number of nitrogens with zero attached hydrogens (tertiary/aromatic N) is 3. The molecule has 3 aromatic carbocycles. The number of anilines is 2. The Morgan fingerprint density at radius 1 is 1.00 bits per heavy atom.